The molecule has 0 radical (unpaired) electrons. The third-order valence-electron chi connectivity index (χ3n) is 8.19. The highest BCUT2D eigenvalue weighted by Gasteiger charge is 3.12. The lowest BCUT2D eigenvalue weighted by Crippen LogP contribution is -2.47. The molecule has 5 rings (SSSR count). The van der Waals surface area contributed by atoms with Crippen LogP contribution in [0.15, 0.2) is 35.3 Å². The average Bonchev–Trinajstić information content (AvgIpc) is 2.84. The molecule has 1 aromatic rings. The summed E-state index contributed by atoms with van der Waals surface area (Å²) in [6.07, 6.45) is 0. The lowest BCUT2D eigenvalue weighted by atomic mass is 9.80. The number of hydrogen-bond acceptors (Lipinski definition) is 0. The van der Waals surface area contributed by atoms with E-state index >= 15 is 0 Å². The molecular weight excluding hydrogens is 433 g/mol. The van der Waals surface area contributed by atoms with Crippen molar-refractivity contribution in [3.8, 4) is 0 Å². The molecule has 0 bridgehead atoms. The van der Waals surface area contributed by atoms with Crippen LogP contribution in [0.2, 0.25) is 19.6 Å². The van der Waals surface area contributed by atoms with Gasteiger partial charge in [-0.1, -0.05) is 128 Å². The van der Waals surface area contributed by atoms with Crippen molar-refractivity contribution in [1.29, 1.82) is 0 Å². The Bertz CT molecular complexity index is 969. The van der Waals surface area contributed by atoms with Crippen molar-refractivity contribution in [2.24, 2.45) is 16.2 Å². The van der Waals surface area contributed by atoms with Gasteiger partial charge in [0.1, 0.15) is 0 Å². The van der Waals surface area contributed by atoms with Crippen LogP contribution < -0.4 is 0 Å². The summed E-state index contributed by atoms with van der Waals surface area (Å²) in [6.45, 7) is 31.5. The molecule has 0 amide bonds. The minimum absolute atomic E-state index is 0.0687. The Kier molecular flexibility index (Phi) is 4.14. The van der Waals surface area contributed by atoms with Crippen molar-refractivity contribution < 1.29 is 0 Å². The number of hydrogen-bond donors (Lipinski definition) is 0. The molecule has 30 heavy (non-hydrogen) atoms. The summed E-state index contributed by atoms with van der Waals surface area (Å²) < 4.78 is 0.661. The summed E-state index contributed by atoms with van der Waals surface area (Å²) in [5.41, 5.74) is 2.86. The summed E-state index contributed by atoms with van der Waals surface area (Å²) in [4.78, 5) is 3.32. The lowest BCUT2D eigenvalue weighted by molar-refractivity contribution is 0.294. The first kappa shape index (κ1) is 22.3. The zero-order valence-electron chi connectivity index (χ0n) is 21.2. The monoisotopic (exact) mass is 474 g/mol. The Morgan fingerprint density at radius 2 is 1.13 bits per heavy atom. The lowest BCUT2D eigenvalue weighted by Gasteiger charge is -2.66. The first-order chi connectivity index (χ1) is 13.5. The molecule has 0 saturated carbocycles. The van der Waals surface area contributed by atoms with Crippen LogP contribution in [-0.4, -0.2) is 22.5 Å². The highest BCUT2D eigenvalue weighted by molar-refractivity contribution is 8.30. The Hall–Kier alpha value is 0.467. The van der Waals surface area contributed by atoms with Gasteiger partial charge in [0.15, 0.2) is 0 Å². The minimum Gasteiger partial charge on any atom is -0.0656 e. The van der Waals surface area contributed by atoms with Gasteiger partial charge in [-0.2, -0.15) is 0 Å². The van der Waals surface area contributed by atoms with Gasteiger partial charge in [0.05, 0.1) is 8.07 Å². The zero-order valence-corrected chi connectivity index (χ0v) is 24.9. The molecular formula is C26H41P3Si. The zero-order chi connectivity index (χ0) is 22.5. The van der Waals surface area contributed by atoms with Crippen molar-refractivity contribution in [2.45, 2.75) is 96.4 Å². The normalized spacial score (nSPS) is 41.9. The summed E-state index contributed by atoms with van der Waals surface area (Å²) in [5.74, 6) is 0. The number of fused-ring (bicyclic) bond motifs is 3. The van der Waals surface area contributed by atoms with E-state index in [1.165, 1.54) is 0 Å². The minimum atomic E-state index is -1.43. The van der Waals surface area contributed by atoms with E-state index in [1.54, 1.807) is 5.56 Å². The molecule has 6 atom stereocenters. The molecule has 0 N–H and O–H groups in total. The molecule has 3 fully saturated rings. The second-order valence-electron chi connectivity index (χ2n) is 14.0. The van der Waals surface area contributed by atoms with Crippen LogP contribution in [0.5, 0.6) is 0 Å². The smallest absolute Gasteiger partial charge is 0.0656 e. The van der Waals surface area contributed by atoms with Crippen molar-refractivity contribution in [3.05, 3.63) is 40.8 Å². The van der Waals surface area contributed by atoms with Crippen molar-refractivity contribution >= 4 is 37.2 Å². The molecule has 164 valence electrons. The van der Waals surface area contributed by atoms with Crippen LogP contribution in [0.3, 0.4) is 0 Å². The van der Waals surface area contributed by atoms with Crippen molar-refractivity contribution in [1.82, 2.24) is 0 Å². The van der Waals surface area contributed by atoms with Crippen LogP contribution in [0, 0.1) is 16.2 Å². The van der Waals surface area contributed by atoms with Crippen LogP contribution >= 0.6 is 23.8 Å². The predicted octanol–water partition coefficient (Wildman–Crippen LogP) is 9.92. The predicted molar refractivity (Wildman–Crippen MR) is 144 cm³/mol. The van der Waals surface area contributed by atoms with E-state index in [2.05, 4.69) is 117 Å². The first-order valence-electron chi connectivity index (χ1n) is 11.7. The SMILES string of the molecule is CC(C)(C)C12P3[C@@]4(C(C)(C)C)[P@@]1C(c1ccccc1)=C([Si](C)(C)C)[P@]2[C@@]34C(C)(C)C. The Balaban J connectivity index is 1.89. The summed E-state index contributed by atoms with van der Waals surface area (Å²) in [6, 6.07) is 11.7. The molecule has 4 aliphatic rings. The fourth-order valence-corrected chi connectivity index (χ4v) is 40.0. The van der Waals surface area contributed by atoms with E-state index in [9.17, 15) is 0 Å². The average molecular weight is 475 g/mol. The fourth-order valence-electron chi connectivity index (χ4n) is 7.76. The van der Waals surface area contributed by atoms with Crippen molar-refractivity contribution in [3.63, 3.8) is 0 Å². The van der Waals surface area contributed by atoms with E-state index in [1.807, 2.05) is 5.31 Å². The highest BCUT2D eigenvalue weighted by atomic mass is 31.3. The molecule has 2 unspecified atom stereocenters. The van der Waals surface area contributed by atoms with E-state index in [-0.39, 0.29) is 23.8 Å². The second kappa shape index (κ2) is 5.57. The van der Waals surface area contributed by atoms with Crippen LogP contribution in [-0.2, 0) is 0 Å². The molecule has 4 aliphatic heterocycles. The van der Waals surface area contributed by atoms with Gasteiger partial charge in [-0.3, -0.25) is 0 Å². The number of benzene rings is 1. The van der Waals surface area contributed by atoms with Crippen LogP contribution in [0.4, 0.5) is 0 Å². The fraction of sp³-hybridized carbons (Fsp3) is 0.692. The molecule has 0 aromatic heterocycles. The van der Waals surface area contributed by atoms with E-state index in [0.717, 1.165) is 0 Å². The van der Waals surface area contributed by atoms with Gasteiger partial charge in [0.2, 0.25) is 0 Å². The van der Waals surface area contributed by atoms with E-state index in [4.69, 9.17) is 0 Å². The molecule has 0 nitrogen and oxygen atoms in total. The van der Waals surface area contributed by atoms with Gasteiger partial charge < -0.3 is 0 Å². The molecule has 4 heteroatoms. The molecule has 0 spiro atoms. The molecule has 3 saturated heterocycles. The molecule has 0 aliphatic carbocycles. The first-order valence-corrected chi connectivity index (χ1v) is 19.2. The largest absolute Gasteiger partial charge is 0.0791 e. The Labute approximate surface area is 190 Å². The topological polar surface area (TPSA) is 0 Å². The third-order valence-corrected chi connectivity index (χ3v) is 31.3. The van der Waals surface area contributed by atoms with Gasteiger partial charge >= 0.3 is 0 Å². The quantitative estimate of drug-likeness (QED) is 0.295. The third kappa shape index (κ3) is 1.89. The Morgan fingerprint density at radius 1 is 0.667 bits per heavy atom. The second-order valence-corrected chi connectivity index (χ2v) is 28.8. The van der Waals surface area contributed by atoms with Gasteiger partial charge in [-0.05, 0) is 40.0 Å². The Morgan fingerprint density at radius 3 is 1.53 bits per heavy atom. The standard InChI is InChI=1S/C26H41P3Si/c1-21(2,3)24-25(22(4,5)6)28-20(30(10,11)12)19(18-16-14-13-15-17-18)27(24)26(28,29(24)25)23(7,8)9/h13-17H,1-12H3/t24-,25+,26?,27-,28-,29?/m1/s1. The molecule has 4 heterocycles. The maximum absolute atomic E-state index is 2.66. The van der Waals surface area contributed by atoms with Crippen molar-refractivity contribution in [2.75, 3.05) is 0 Å². The van der Waals surface area contributed by atoms with E-state index in [0.29, 0.717) is 30.7 Å². The van der Waals surface area contributed by atoms with Gasteiger partial charge in [-0.25, -0.2) is 0 Å². The number of rotatable bonds is 2. The van der Waals surface area contributed by atoms with Crippen LogP contribution in [0.25, 0.3) is 5.31 Å². The van der Waals surface area contributed by atoms with Gasteiger partial charge in [-0.15, -0.1) is 0 Å². The summed E-state index contributed by atoms with van der Waals surface area (Å²) in [5, 5.41) is 1.91. The van der Waals surface area contributed by atoms with Gasteiger partial charge in [0, 0.05) is 14.4 Å². The highest BCUT2D eigenvalue weighted by Crippen LogP contribution is 3.38. The summed E-state index contributed by atoms with van der Waals surface area (Å²) >= 11 is 0. The molecule has 1 aromatic carbocycles. The summed E-state index contributed by atoms with van der Waals surface area (Å²) in [7, 11) is -1.52. The maximum atomic E-state index is 2.66. The van der Waals surface area contributed by atoms with Gasteiger partial charge in [0.25, 0.3) is 0 Å². The maximum Gasteiger partial charge on any atom is 0.0791 e. The van der Waals surface area contributed by atoms with E-state index < -0.39 is 8.07 Å². The van der Waals surface area contributed by atoms with Crippen LogP contribution in [0.1, 0.15) is 67.9 Å².